The van der Waals surface area contributed by atoms with Gasteiger partial charge in [0.25, 0.3) is 0 Å². The number of amides is 2. The van der Waals surface area contributed by atoms with Crippen LogP contribution in [0.25, 0.3) is 0 Å². The molecule has 1 aromatic rings. The van der Waals surface area contributed by atoms with Crippen molar-refractivity contribution in [2.45, 2.75) is 45.6 Å². The Morgan fingerprint density at radius 3 is 2.95 bits per heavy atom. The van der Waals surface area contributed by atoms with Crippen LogP contribution in [0.3, 0.4) is 0 Å². The molecule has 0 bridgehead atoms. The smallest absolute Gasteiger partial charge is 0.320 e. The minimum absolute atomic E-state index is 0.108. The largest absolute Gasteiger partial charge is 0.473 e. The van der Waals surface area contributed by atoms with Crippen molar-refractivity contribution in [3.05, 3.63) is 29.3 Å². The lowest BCUT2D eigenvalue weighted by Gasteiger charge is -2.35. The first-order valence-corrected chi connectivity index (χ1v) is 7.97. The van der Waals surface area contributed by atoms with E-state index in [0.29, 0.717) is 6.42 Å². The molecular formula is C17H26N2O3. The Kier molecular flexibility index (Phi) is 6.07. The first-order valence-electron chi connectivity index (χ1n) is 7.97. The number of hydrogen-bond donors (Lipinski definition) is 2. The van der Waals surface area contributed by atoms with Gasteiger partial charge in [-0.15, -0.1) is 0 Å². The van der Waals surface area contributed by atoms with Crippen molar-refractivity contribution in [3.8, 4) is 5.75 Å². The Morgan fingerprint density at radius 2 is 2.23 bits per heavy atom. The number of aliphatic hydroxyl groups excluding tert-OH is 1. The summed E-state index contributed by atoms with van der Waals surface area (Å²) in [5.74, 6) is 0.788. The van der Waals surface area contributed by atoms with Gasteiger partial charge in [0.2, 0.25) is 0 Å². The van der Waals surface area contributed by atoms with Gasteiger partial charge in [-0.2, -0.15) is 0 Å². The van der Waals surface area contributed by atoms with Crippen LogP contribution >= 0.6 is 0 Å². The molecule has 0 radical (unpaired) electrons. The predicted molar refractivity (Wildman–Crippen MR) is 86.0 cm³/mol. The van der Waals surface area contributed by atoms with Gasteiger partial charge < -0.3 is 20.1 Å². The summed E-state index contributed by atoms with van der Waals surface area (Å²) in [6, 6.07) is 6.00. The lowest BCUT2D eigenvalue weighted by Crippen LogP contribution is -2.49. The Bertz CT molecular complexity index is 503. The summed E-state index contributed by atoms with van der Waals surface area (Å²) in [6.07, 6.45) is 3.75. The molecule has 122 valence electrons. The van der Waals surface area contributed by atoms with Crippen LogP contribution in [0.1, 0.15) is 36.8 Å². The maximum atomic E-state index is 12.3. The molecule has 0 aromatic heterocycles. The molecule has 1 fully saturated rings. The number of urea groups is 1. The van der Waals surface area contributed by atoms with E-state index in [2.05, 4.69) is 11.4 Å². The zero-order chi connectivity index (χ0) is 15.9. The van der Waals surface area contributed by atoms with Crippen molar-refractivity contribution in [2.24, 2.45) is 0 Å². The quantitative estimate of drug-likeness (QED) is 0.822. The van der Waals surface area contributed by atoms with E-state index in [4.69, 9.17) is 9.84 Å². The number of carbonyl (C=O) groups is 1. The van der Waals surface area contributed by atoms with E-state index >= 15 is 0 Å². The fraction of sp³-hybridized carbons (Fsp3) is 0.588. The first-order chi connectivity index (χ1) is 10.6. The summed E-state index contributed by atoms with van der Waals surface area (Å²) < 4.78 is 5.64. The van der Waals surface area contributed by atoms with E-state index < -0.39 is 0 Å². The van der Waals surface area contributed by atoms with Gasteiger partial charge in [0.1, 0.15) is 5.75 Å². The van der Waals surface area contributed by atoms with Crippen LogP contribution in [-0.4, -0.2) is 42.0 Å². The van der Waals surface area contributed by atoms with Crippen LogP contribution in [0.4, 0.5) is 4.79 Å². The van der Waals surface area contributed by atoms with Crippen molar-refractivity contribution < 1.29 is 14.6 Å². The van der Waals surface area contributed by atoms with Crippen molar-refractivity contribution in [1.82, 2.24) is 10.2 Å². The number of carbonyl (C=O) groups excluding carboxylic acids is 1. The zero-order valence-electron chi connectivity index (χ0n) is 13.5. The Hall–Kier alpha value is -1.75. The molecular weight excluding hydrogens is 280 g/mol. The van der Waals surface area contributed by atoms with Gasteiger partial charge in [-0.1, -0.05) is 17.7 Å². The zero-order valence-corrected chi connectivity index (χ0v) is 13.5. The van der Waals surface area contributed by atoms with Gasteiger partial charge >= 0.3 is 6.03 Å². The maximum absolute atomic E-state index is 12.3. The van der Waals surface area contributed by atoms with Crippen molar-refractivity contribution in [1.29, 1.82) is 0 Å². The number of rotatable bonds is 5. The average Bonchev–Trinajstić information content (AvgIpc) is 2.50. The third-order valence-electron chi connectivity index (χ3n) is 4.13. The SMILES string of the molecule is Cc1ccc(OCNC(=O)N2CCCCC2CCO)c(C)c1. The molecule has 22 heavy (non-hydrogen) atoms. The Balaban J connectivity index is 1.83. The molecule has 1 heterocycles. The summed E-state index contributed by atoms with van der Waals surface area (Å²) in [5, 5.41) is 11.9. The predicted octanol–water partition coefficient (Wildman–Crippen LogP) is 2.59. The first kappa shape index (κ1) is 16.6. The molecule has 0 spiro atoms. The van der Waals surface area contributed by atoms with Gasteiger partial charge in [-0.25, -0.2) is 4.79 Å². The molecule has 1 aliphatic rings. The summed E-state index contributed by atoms with van der Waals surface area (Å²) >= 11 is 0. The molecule has 1 aromatic carbocycles. The van der Waals surface area contributed by atoms with E-state index in [1.165, 1.54) is 5.56 Å². The number of nitrogens with zero attached hydrogens (tertiary/aromatic N) is 1. The third-order valence-corrected chi connectivity index (χ3v) is 4.13. The van der Waals surface area contributed by atoms with Crippen LogP contribution in [0.2, 0.25) is 0 Å². The van der Waals surface area contributed by atoms with Crippen molar-refractivity contribution in [3.63, 3.8) is 0 Å². The number of ether oxygens (including phenoxy) is 1. The maximum Gasteiger partial charge on any atom is 0.320 e. The van der Waals surface area contributed by atoms with Gasteiger partial charge in [-0.05, 0) is 51.2 Å². The Labute approximate surface area is 132 Å². The second-order valence-electron chi connectivity index (χ2n) is 5.89. The van der Waals surface area contributed by atoms with Crippen LogP contribution in [-0.2, 0) is 0 Å². The molecule has 5 heteroatoms. The third kappa shape index (κ3) is 4.37. The van der Waals surface area contributed by atoms with Crippen molar-refractivity contribution in [2.75, 3.05) is 19.9 Å². The normalized spacial score (nSPS) is 18.1. The minimum atomic E-state index is -0.108. The van der Waals surface area contributed by atoms with Crippen LogP contribution in [0.15, 0.2) is 18.2 Å². The molecule has 0 saturated carbocycles. The molecule has 1 atom stereocenters. The lowest BCUT2D eigenvalue weighted by molar-refractivity contribution is 0.126. The average molecular weight is 306 g/mol. The van der Waals surface area contributed by atoms with Gasteiger partial charge in [-0.3, -0.25) is 0 Å². The molecule has 2 amide bonds. The number of benzene rings is 1. The molecule has 1 saturated heterocycles. The number of likely N-dealkylation sites (tertiary alicyclic amines) is 1. The highest BCUT2D eigenvalue weighted by Crippen LogP contribution is 2.20. The fourth-order valence-corrected chi connectivity index (χ4v) is 2.96. The fourth-order valence-electron chi connectivity index (χ4n) is 2.96. The summed E-state index contributed by atoms with van der Waals surface area (Å²) in [6.45, 7) is 5.06. The number of piperidine rings is 1. The number of nitrogens with one attached hydrogen (secondary N) is 1. The molecule has 1 aliphatic heterocycles. The Morgan fingerprint density at radius 1 is 1.41 bits per heavy atom. The highest BCUT2D eigenvalue weighted by molar-refractivity contribution is 5.74. The molecule has 1 unspecified atom stereocenters. The van der Waals surface area contributed by atoms with Gasteiger partial charge in [0, 0.05) is 19.2 Å². The molecule has 2 N–H and O–H groups in total. The number of aliphatic hydroxyl groups is 1. The summed E-state index contributed by atoms with van der Waals surface area (Å²) in [7, 11) is 0. The second-order valence-corrected chi connectivity index (χ2v) is 5.89. The van der Waals surface area contributed by atoms with E-state index in [9.17, 15) is 4.79 Å². The standard InChI is InChI=1S/C17H26N2O3/c1-13-6-7-16(14(2)11-13)22-12-18-17(21)19-9-4-3-5-15(19)8-10-20/h6-7,11,15,20H,3-5,8-10,12H2,1-2H3,(H,18,21). The number of aryl methyl sites for hydroxylation is 2. The van der Waals surface area contributed by atoms with Crippen LogP contribution in [0.5, 0.6) is 5.75 Å². The monoisotopic (exact) mass is 306 g/mol. The van der Waals surface area contributed by atoms with Crippen LogP contribution in [0, 0.1) is 13.8 Å². The van der Waals surface area contributed by atoms with Gasteiger partial charge in [0.05, 0.1) is 0 Å². The highest BCUT2D eigenvalue weighted by Gasteiger charge is 2.25. The molecule has 5 nitrogen and oxygen atoms in total. The molecule has 0 aliphatic carbocycles. The number of hydrogen-bond acceptors (Lipinski definition) is 3. The van der Waals surface area contributed by atoms with Gasteiger partial charge in [0.15, 0.2) is 6.73 Å². The topological polar surface area (TPSA) is 61.8 Å². The highest BCUT2D eigenvalue weighted by atomic mass is 16.5. The summed E-state index contributed by atoms with van der Waals surface area (Å²) in [4.78, 5) is 14.1. The van der Waals surface area contributed by atoms with E-state index in [1.807, 2.05) is 30.9 Å². The van der Waals surface area contributed by atoms with E-state index in [0.717, 1.165) is 37.1 Å². The minimum Gasteiger partial charge on any atom is -0.473 e. The van der Waals surface area contributed by atoms with E-state index in [1.54, 1.807) is 0 Å². The lowest BCUT2D eigenvalue weighted by atomic mass is 10.0. The summed E-state index contributed by atoms with van der Waals surface area (Å²) in [5.41, 5.74) is 2.25. The van der Waals surface area contributed by atoms with Crippen molar-refractivity contribution >= 4 is 6.03 Å². The van der Waals surface area contributed by atoms with Crippen LogP contribution < -0.4 is 10.1 Å². The molecule has 2 rings (SSSR count). The van der Waals surface area contributed by atoms with E-state index in [-0.39, 0.29) is 25.4 Å². The second kappa shape index (κ2) is 8.03.